The van der Waals surface area contributed by atoms with Crippen molar-refractivity contribution in [3.05, 3.63) is 35.9 Å². The quantitative estimate of drug-likeness (QED) is 0.726. The van der Waals surface area contributed by atoms with Crippen LogP contribution < -0.4 is 0 Å². The van der Waals surface area contributed by atoms with E-state index in [2.05, 4.69) is 0 Å². The summed E-state index contributed by atoms with van der Waals surface area (Å²) in [5, 5.41) is 8.48. The summed E-state index contributed by atoms with van der Waals surface area (Å²) in [5.74, 6) is -0.988. The fraction of sp³-hybridized carbons (Fsp3) is 0.333. The van der Waals surface area contributed by atoms with Gasteiger partial charge < -0.3 is 9.90 Å². The van der Waals surface area contributed by atoms with Gasteiger partial charge in [0.05, 0.1) is 0 Å². The Bertz CT molecular complexity index is 319. The van der Waals surface area contributed by atoms with E-state index >= 15 is 0 Å². The van der Waals surface area contributed by atoms with Crippen LogP contribution in [0, 0.1) is 0 Å². The average molecular weight is 206 g/mol. The minimum atomic E-state index is -0.812. The maximum Gasteiger partial charge on any atom is 0.303 e. The molecule has 15 heavy (non-hydrogen) atoms. The Morgan fingerprint density at radius 3 is 2.53 bits per heavy atom. The van der Waals surface area contributed by atoms with Crippen molar-refractivity contribution in [1.82, 2.24) is 0 Å². The first kappa shape index (κ1) is 11.4. The summed E-state index contributed by atoms with van der Waals surface area (Å²) in [6, 6.07) is 9.42. The Labute approximate surface area is 88.7 Å². The normalized spacial score (nSPS) is 12.0. The third-order valence-corrected chi connectivity index (χ3v) is 2.30. The van der Waals surface area contributed by atoms with E-state index in [9.17, 15) is 9.59 Å². The van der Waals surface area contributed by atoms with E-state index in [1.165, 1.54) is 0 Å². The maximum absolute atomic E-state index is 10.8. The van der Waals surface area contributed by atoms with Gasteiger partial charge in [-0.1, -0.05) is 30.3 Å². The third-order valence-electron chi connectivity index (χ3n) is 2.30. The molecule has 1 aromatic rings. The summed E-state index contributed by atoms with van der Waals surface area (Å²) in [6.45, 7) is 0. The lowest BCUT2D eigenvalue weighted by Crippen LogP contribution is -2.02. The van der Waals surface area contributed by atoms with Crippen LogP contribution in [0.1, 0.15) is 30.7 Å². The smallest absolute Gasteiger partial charge is 0.303 e. The summed E-state index contributed by atoms with van der Waals surface area (Å²) in [4.78, 5) is 21.2. The van der Waals surface area contributed by atoms with Gasteiger partial charge in [0.2, 0.25) is 0 Å². The van der Waals surface area contributed by atoms with Crippen LogP contribution in [-0.4, -0.2) is 17.4 Å². The number of carbonyl (C=O) groups excluding carboxylic acids is 1. The van der Waals surface area contributed by atoms with E-state index in [0.29, 0.717) is 12.8 Å². The second-order valence-electron chi connectivity index (χ2n) is 3.44. The molecule has 0 aliphatic heterocycles. The van der Waals surface area contributed by atoms with Crippen molar-refractivity contribution in [1.29, 1.82) is 0 Å². The third kappa shape index (κ3) is 3.94. The van der Waals surface area contributed by atoms with Gasteiger partial charge in [-0.3, -0.25) is 4.79 Å². The number of aliphatic carboxylic acids is 1. The SMILES string of the molecule is O=CC(CCCC(=O)O)c1ccccc1. The molecule has 1 unspecified atom stereocenters. The molecule has 0 aliphatic rings. The van der Waals surface area contributed by atoms with E-state index in [-0.39, 0.29) is 12.3 Å². The fourth-order valence-corrected chi connectivity index (χ4v) is 1.49. The molecule has 0 spiro atoms. The summed E-state index contributed by atoms with van der Waals surface area (Å²) in [7, 11) is 0. The van der Waals surface area contributed by atoms with Gasteiger partial charge in [-0.05, 0) is 18.4 Å². The largest absolute Gasteiger partial charge is 0.481 e. The molecular weight excluding hydrogens is 192 g/mol. The predicted molar refractivity (Wildman–Crippen MR) is 56.7 cm³/mol. The van der Waals surface area contributed by atoms with Crippen molar-refractivity contribution in [3.8, 4) is 0 Å². The summed E-state index contributed by atoms with van der Waals surface area (Å²) >= 11 is 0. The van der Waals surface area contributed by atoms with Gasteiger partial charge >= 0.3 is 5.97 Å². The lowest BCUT2D eigenvalue weighted by Gasteiger charge is -2.08. The number of hydrogen-bond acceptors (Lipinski definition) is 2. The van der Waals surface area contributed by atoms with E-state index < -0.39 is 5.97 Å². The molecule has 1 rings (SSSR count). The molecule has 0 saturated carbocycles. The molecule has 1 aromatic carbocycles. The molecule has 1 atom stereocenters. The highest BCUT2D eigenvalue weighted by atomic mass is 16.4. The van der Waals surface area contributed by atoms with Gasteiger partial charge in [0, 0.05) is 12.3 Å². The number of benzene rings is 1. The van der Waals surface area contributed by atoms with Crippen LogP contribution in [0.3, 0.4) is 0 Å². The van der Waals surface area contributed by atoms with Crippen LogP contribution in [0.25, 0.3) is 0 Å². The lowest BCUT2D eigenvalue weighted by atomic mass is 9.95. The van der Waals surface area contributed by atoms with Crippen molar-refractivity contribution >= 4 is 12.3 Å². The minimum absolute atomic E-state index is 0.122. The Morgan fingerprint density at radius 2 is 2.00 bits per heavy atom. The Balaban J connectivity index is 2.50. The van der Waals surface area contributed by atoms with E-state index in [1.54, 1.807) is 0 Å². The monoisotopic (exact) mass is 206 g/mol. The van der Waals surface area contributed by atoms with Gasteiger partial charge in [-0.2, -0.15) is 0 Å². The van der Waals surface area contributed by atoms with E-state index in [1.807, 2.05) is 30.3 Å². The zero-order chi connectivity index (χ0) is 11.1. The maximum atomic E-state index is 10.8. The van der Waals surface area contributed by atoms with Gasteiger partial charge in [0.25, 0.3) is 0 Å². The van der Waals surface area contributed by atoms with Crippen molar-refractivity contribution in [3.63, 3.8) is 0 Å². The molecule has 0 radical (unpaired) electrons. The van der Waals surface area contributed by atoms with Crippen LogP contribution in [0.5, 0.6) is 0 Å². The van der Waals surface area contributed by atoms with Crippen LogP contribution >= 0.6 is 0 Å². The number of carbonyl (C=O) groups is 2. The standard InChI is InChI=1S/C12H14O3/c13-9-11(7-4-8-12(14)15)10-5-2-1-3-6-10/h1-3,5-6,9,11H,4,7-8H2,(H,14,15). The first-order valence-corrected chi connectivity index (χ1v) is 4.96. The molecule has 3 nitrogen and oxygen atoms in total. The molecule has 1 N–H and O–H groups in total. The van der Waals surface area contributed by atoms with Crippen LogP contribution in [0.4, 0.5) is 0 Å². The molecule has 3 heteroatoms. The van der Waals surface area contributed by atoms with Gasteiger partial charge in [0.15, 0.2) is 0 Å². The minimum Gasteiger partial charge on any atom is -0.481 e. The van der Waals surface area contributed by atoms with Crippen LogP contribution in [-0.2, 0) is 9.59 Å². The number of carboxylic acid groups (broad SMARTS) is 1. The van der Waals surface area contributed by atoms with E-state index in [0.717, 1.165) is 11.8 Å². The van der Waals surface area contributed by atoms with Crippen LogP contribution in [0.15, 0.2) is 30.3 Å². The first-order valence-electron chi connectivity index (χ1n) is 4.96. The molecule has 0 amide bonds. The lowest BCUT2D eigenvalue weighted by molar-refractivity contribution is -0.137. The topological polar surface area (TPSA) is 54.4 Å². The summed E-state index contributed by atoms with van der Waals surface area (Å²) in [5.41, 5.74) is 0.956. The highest BCUT2D eigenvalue weighted by molar-refractivity contribution is 5.67. The van der Waals surface area contributed by atoms with E-state index in [4.69, 9.17) is 5.11 Å². The predicted octanol–water partition coefficient (Wildman–Crippen LogP) is 2.22. The molecule has 0 aliphatic carbocycles. The van der Waals surface area contributed by atoms with Crippen molar-refractivity contribution < 1.29 is 14.7 Å². The number of aldehydes is 1. The molecule has 0 fully saturated rings. The second-order valence-corrected chi connectivity index (χ2v) is 3.44. The zero-order valence-corrected chi connectivity index (χ0v) is 8.43. The number of rotatable bonds is 6. The zero-order valence-electron chi connectivity index (χ0n) is 8.43. The molecular formula is C12H14O3. The molecule has 0 heterocycles. The molecule has 80 valence electrons. The van der Waals surface area contributed by atoms with Gasteiger partial charge in [-0.25, -0.2) is 0 Å². The Hall–Kier alpha value is -1.64. The Kier molecular flexibility index (Phi) is 4.54. The first-order chi connectivity index (χ1) is 7.24. The summed E-state index contributed by atoms with van der Waals surface area (Å²) < 4.78 is 0. The summed E-state index contributed by atoms with van der Waals surface area (Å²) in [6.07, 6.45) is 2.14. The average Bonchev–Trinajstić information content (AvgIpc) is 2.25. The highest BCUT2D eigenvalue weighted by Crippen LogP contribution is 2.19. The number of carboxylic acids is 1. The molecule has 0 aromatic heterocycles. The Morgan fingerprint density at radius 1 is 1.33 bits per heavy atom. The van der Waals surface area contributed by atoms with Gasteiger partial charge in [0.1, 0.15) is 6.29 Å². The molecule has 0 bridgehead atoms. The highest BCUT2D eigenvalue weighted by Gasteiger charge is 2.10. The molecule has 0 saturated heterocycles. The van der Waals surface area contributed by atoms with Gasteiger partial charge in [-0.15, -0.1) is 0 Å². The van der Waals surface area contributed by atoms with Crippen LogP contribution in [0.2, 0.25) is 0 Å². The fourth-order valence-electron chi connectivity index (χ4n) is 1.49. The second kappa shape index (κ2) is 5.96. The van der Waals surface area contributed by atoms with Crippen molar-refractivity contribution in [2.45, 2.75) is 25.2 Å². The van der Waals surface area contributed by atoms with Crippen molar-refractivity contribution in [2.75, 3.05) is 0 Å². The van der Waals surface area contributed by atoms with Crippen molar-refractivity contribution in [2.24, 2.45) is 0 Å². The number of hydrogen-bond donors (Lipinski definition) is 1.